The number of alkyl carbamates (subject to hydrolysis) is 2. The van der Waals surface area contributed by atoms with Crippen molar-refractivity contribution in [2.45, 2.75) is 77.4 Å². The average Bonchev–Trinajstić information content (AvgIpc) is 3.34. The molecule has 0 aromatic heterocycles. The molecule has 0 saturated carbocycles. The molecule has 2 N–H and O–H groups in total. The number of thioether (sulfide) groups is 1. The van der Waals surface area contributed by atoms with Crippen molar-refractivity contribution in [3.8, 4) is 11.1 Å². The van der Waals surface area contributed by atoms with Crippen LogP contribution in [0, 0.1) is 0 Å². The monoisotopic (exact) mass is 676 g/mol. The van der Waals surface area contributed by atoms with E-state index in [1.165, 1.54) is 0 Å². The Morgan fingerprint density at radius 2 is 1.15 bits per heavy atom. The van der Waals surface area contributed by atoms with Crippen LogP contribution in [0.2, 0.25) is 0 Å². The number of amides is 2. The molecule has 0 saturated heterocycles. The zero-order chi connectivity index (χ0) is 34.9. The SMILES string of the molecule is CC(C)(C)OC(=O)N[C@@H](CSC[C@H](NC(=O)OCC1c2ccccc2-c2ccccc21)C(=O)OC(C)(C)C)C(=O)OCc1ccccc1. The molecule has 3 aromatic carbocycles. The molecule has 4 rings (SSSR count). The number of rotatable bonds is 12. The summed E-state index contributed by atoms with van der Waals surface area (Å²) < 4.78 is 22.1. The largest absolute Gasteiger partial charge is 0.459 e. The lowest BCUT2D eigenvalue weighted by molar-refractivity contribution is -0.156. The van der Waals surface area contributed by atoms with Crippen LogP contribution in [0.5, 0.6) is 0 Å². The Balaban J connectivity index is 1.40. The van der Waals surface area contributed by atoms with Gasteiger partial charge in [0.25, 0.3) is 0 Å². The molecule has 11 heteroatoms. The fourth-order valence-corrected chi connectivity index (χ4v) is 6.12. The van der Waals surface area contributed by atoms with Crippen LogP contribution in [0.3, 0.4) is 0 Å². The number of carbonyl (C=O) groups is 4. The molecule has 48 heavy (non-hydrogen) atoms. The molecule has 1 aliphatic rings. The average molecular weight is 677 g/mol. The lowest BCUT2D eigenvalue weighted by Crippen LogP contribution is -2.48. The van der Waals surface area contributed by atoms with Gasteiger partial charge in [-0.3, -0.25) is 0 Å². The first-order chi connectivity index (χ1) is 22.7. The Bertz CT molecular complexity index is 1540. The highest BCUT2D eigenvalue weighted by Crippen LogP contribution is 2.44. The minimum atomic E-state index is -1.10. The Morgan fingerprint density at radius 3 is 1.71 bits per heavy atom. The molecule has 0 spiro atoms. The first kappa shape index (κ1) is 36.3. The highest BCUT2D eigenvalue weighted by molar-refractivity contribution is 7.99. The van der Waals surface area contributed by atoms with Gasteiger partial charge in [0.1, 0.15) is 36.5 Å². The molecular weight excluding hydrogens is 632 g/mol. The molecule has 0 radical (unpaired) electrons. The topological polar surface area (TPSA) is 129 Å². The quantitative estimate of drug-likeness (QED) is 0.161. The first-order valence-corrected chi connectivity index (χ1v) is 17.0. The van der Waals surface area contributed by atoms with E-state index in [4.69, 9.17) is 18.9 Å². The van der Waals surface area contributed by atoms with Crippen LogP contribution in [0.15, 0.2) is 78.9 Å². The third-order valence-corrected chi connectivity index (χ3v) is 8.23. The summed E-state index contributed by atoms with van der Waals surface area (Å²) in [5.41, 5.74) is 3.51. The molecule has 1 aliphatic carbocycles. The van der Waals surface area contributed by atoms with E-state index < -0.39 is 47.4 Å². The molecule has 10 nitrogen and oxygen atoms in total. The number of carbonyl (C=O) groups excluding carboxylic acids is 4. The highest BCUT2D eigenvalue weighted by Gasteiger charge is 2.32. The summed E-state index contributed by atoms with van der Waals surface area (Å²) in [7, 11) is 0. The van der Waals surface area contributed by atoms with Crippen molar-refractivity contribution >= 4 is 35.9 Å². The maximum atomic E-state index is 13.2. The molecule has 0 heterocycles. The zero-order valence-corrected chi connectivity index (χ0v) is 29.1. The predicted molar refractivity (Wildman–Crippen MR) is 185 cm³/mol. The van der Waals surface area contributed by atoms with Gasteiger partial charge in [0.05, 0.1) is 0 Å². The maximum absolute atomic E-state index is 13.2. The standard InChI is InChI=1S/C37H44N2O8S/c1-36(2,3)46-33(41)31(38-34(42)45-21-29-27-18-12-10-16-25(27)26-17-11-13-19-28(26)29)23-48-22-30(39-35(43)47-37(4,5)6)32(40)44-20-24-14-8-7-9-15-24/h7-19,29-31H,20-23H2,1-6H3,(H,38,42)(H,39,43)/t30-,31-/m0/s1. The van der Waals surface area contributed by atoms with Gasteiger partial charge in [-0.1, -0.05) is 78.9 Å². The van der Waals surface area contributed by atoms with Gasteiger partial charge in [-0.25, -0.2) is 19.2 Å². The van der Waals surface area contributed by atoms with Gasteiger partial charge in [0.15, 0.2) is 0 Å². The van der Waals surface area contributed by atoms with Crippen LogP contribution >= 0.6 is 11.8 Å². The van der Waals surface area contributed by atoms with Gasteiger partial charge < -0.3 is 29.6 Å². The van der Waals surface area contributed by atoms with E-state index in [0.717, 1.165) is 39.6 Å². The molecule has 256 valence electrons. The summed E-state index contributed by atoms with van der Waals surface area (Å²) in [6.07, 6.45) is -1.57. The Labute approximate surface area is 286 Å². The van der Waals surface area contributed by atoms with E-state index in [1.807, 2.05) is 78.9 Å². The zero-order valence-electron chi connectivity index (χ0n) is 28.2. The lowest BCUT2D eigenvalue weighted by atomic mass is 9.98. The molecule has 3 aromatic rings. The molecule has 0 aliphatic heterocycles. The van der Waals surface area contributed by atoms with Gasteiger partial charge in [0.2, 0.25) is 0 Å². The summed E-state index contributed by atoms with van der Waals surface area (Å²) in [6.45, 7) is 10.4. The van der Waals surface area contributed by atoms with Crippen molar-refractivity contribution in [2.75, 3.05) is 18.1 Å². The van der Waals surface area contributed by atoms with Crippen LogP contribution < -0.4 is 10.6 Å². The van der Waals surface area contributed by atoms with Crippen LogP contribution in [-0.4, -0.2) is 65.5 Å². The van der Waals surface area contributed by atoms with E-state index >= 15 is 0 Å². The highest BCUT2D eigenvalue weighted by atomic mass is 32.2. The molecule has 0 fully saturated rings. The lowest BCUT2D eigenvalue weighted by Gasteiger charge is -2.25. The van der Waals surface area contributed by atoms with Crippen molar-refractivity contribution in [1.29, 1.82) is 0 Å². The maximum Gasteiger partial charge on any atom is 0.408 e. The minimum absolute atomic E-state index is 0.0146. The van der Waals surface area contributed by atoms with Crippen molar-refractivity contribution in [2.24, 2.45) is 0 Å². The van der Waals surface area contributed by atoms with Gasteiger partial charge in [-0.2, -0.15) is 11.8 Å². The Hall–Kier alpha value is -4.51. The molecule has 2 amide bonds. The van der Waals surface area contributed by atoms with E-state index in [0.29, 0.717) is 0 Å². The number of nitrogens with one attached hydrogen (secondary N) is 2. The minimum Gasteiger partial charge on any atom is -0.459 e. The summed E-state index contributed by atoms with van der Waals surface area (Å²) in [5.74, 6) is -1.43. The second-order valence-corrected chi connectivity index (χ2v) is 14.5. The third kappa shape index (κ3) is 10.8. The molecule has 2 atom stereocenters. The van der Waals surface area contributed by atoms with E-state index in [1.54, 1.807) is 41.5 Å². The first-order valence-electron chi connectivity index (χ1n) is 15.8. The second kappa shape index (κ2) is 16.1. The van der Waals surface area contributed by atoms with Crippen LogP contribution in [0.1, 0.15) is 64.2 Å². The van der Waals surface area contributed by atoms with Crippen LogP contribution in [0.4, 0.5) is 9.59 Å². The van der Waals surface area contributed by atoms with Gasteiger partial charge in [0, 0.05) is 17.4 Å². The third-order valence-electron chi connectivity index (χ3n) is 7.10. The van der Waals surface area contributed by atoms with E-state index in [9.17, 15) is 19.2 Å². The van der Waals surface area contributed by atoms with Crippen molar-refractivity contribution in [1.82, 2.24) is 10.6 Å². The van der Waals surface area contributed by atoms with Gasteiger partial charge in [-0.15, -0.1) is 0 Å². The molecule has 0 unspecified atom stereocenters. The Kier molecular flexibility index (Phi) is 12.2. The van der Waals surface area contributed by atoms with Crippen molar-refractivity contribution in [3.05, 3.63) is 95.6 Å². The second-order valence-electron chi connectivity index (χ2n) is 13.4. The Morgan fingerprint density at radius 1 is 0.646 bits per heavy atom. The number of hydrogen-bond acceptors (Lipinski definition) is 9. The predicted octanol–water partition coefficient (Wildman–Crippen LogP) is 6.61. The fraction of sp³-hybridized carbons (Fsp3) is 0.405. The number of ether oxygens (including phenoxy) is 4. The molecule has 0 bridgehead atoms. The number of hydrogen-bond donors (Lipinski definition) is 2. The normalized spacial score (nSPS) is 13.7. The summed E-state index contributed by atoms with van der Waals surface area (Å²) >= 11 is 1.16. The van der Waals surface area contributed by atoms with Crippen LogP contribution in [-0.2, 0) is 35.1 Å². The molecular formula is C37H44N2O8S. The van der Waals surface area contributed by atoms with Crippen molar-refractivity contribution in [3.63, 3.8) is 0 Å². The van der Waals surface area contributed by atoms with Gasteiger partial charge >= 0.3 is 24.1 Å². The van der Waals surface area contributed by atoms with Crippen LogP contribution in [0.25, 0.3) is 11.1 Å². The number of fused-ring (bicyclic) bond motifs is 3. The summed E-state index contributed by atoms with van der Waals surface area (Å²) in [6, 6.07) is 23.0. The summed E-state index contributed by atoms with van der Waals surface area (Å²) in [5, 5.41) is 5.22. The van der Waals surface area contributed by atoms with Gasteiger partial charge in [-0.05, 0) is 69.4 Å². The van der Waals surface area contributed by atoms with Crippen molar-refractivity contribution < 1.29 is 38.1 Å². The summed E-state index contributed by atoms with van der Waals surface area (Å²) in [4.78, 5) is 52.0. The fourth-order valence-electron chi connectivity index (χ4n) is 5.08. The number of esters is 2. The smallest absolute Gasteiger partial charge is 0.408 e. The number of benzene rings is 3. The van der Waals surface area contributed by atoms with E-state index in [2.05, 4.69) is 10.6 Å². The van der Waals surface area contributed by atoms with E-state index in [-0.39, 0.29) is 30.6 Å².